The van der Waals surface area contributed by atoms with E-state index in [0.717, 1.165) is 12.0 Å². The third kappa shape index (κ3) is 4.68. The minimum atomic E-state index is -1.49. The molecule has 0 aliphatic carbocycles. The molecule has 0 saturated heterocycles. The second-order valence-electron chi connectivity index (χ2n) is 4.67. The van der Waals surface area contributed by atoms with Gasteiger partial charge in [0.05, 0.1) is 13.7 Å². The van der Waals surface area contributed by atoms with Crippen molar-refractivity contribution in [1.29, 1.82) is 0 Å². The summed E-state index contributed by atoms with van der Waals surface area (Å²) in [5, 5.41) is 18.5. The fraction of sp³-hybridized carbons (Fsp3) is 0.538. The van der Waals surface area contributed by atoms with Crippen LogP contribution in [0.15, 0.2) is 18.2 Å². The van der Waals surface area contributed by atoms with Gasteiger partial charge in [0.2, 0.25) is 0 Å². The maximum atomic E-state index is 9.27. The van der Waals surface area contributed by atoms with Gasteiger partial charge in [0.15, 0.2) is 0 Å². The summed E-state index contributed by atoms with van der Waals surface area (Å²) in [6.45, 7) is 5.29. The molecular formula is C13H21BO4. The SMILES string of the molecule is COc1ccc(B(O)O)c(COCCC(C)C)c1. The van der Waals surface area contributed by atoms with Crippen molar-refractivity contribution in [1.82, 2.24) is 0 Å². The third-order valence-corrected chi connectivity index (χ3v) is 2.73. The minimum Gasteiger partial charge on any atom is -0.497 e. The van der Waals surface area contributed by atoms with Crippen LogP contribution in [-0.4, -0.2) is 30.9 Å². The summed E-state index contributed by atoms with van der Waals surface area (Å²) in [5.41, 5.74) is 1.20. The first-order valence-corrected chi connectivity index (χ1v) is 6.15. The normalized spacial score (nSPS) is 10.8. The molecular weight excluding hydrogens is 231 g/mol. The average Bonchev–Trinajstić information content (AvgIpc) is 2.33. The van der Waals surface area contributed by atoms with E-state index in [9.17, 15) is 10.0 Å². The van der Waals surface area contributed by atoms with Crippen molar-refractivity contribution >= 4 is 12.6 Å². The van der Waals surface area contributed by atoms with E-state index < -0.39 is 7.12 Å². The van der Waals surface area contributed by atoms with Crippen molar-refractivity contribution in [2.24, 2.45) is 5.92 Å². The highest BCUT2D eigenvalue weighted by atomic mass is 16.5. The van der Waals surface area contributed by atoms with Gasteiger partial charge < -0.3 is 19.5 Å². The van der Waals surface area contributed by atoms with Crippen molar-refractivity contribution in [2.45, 2.75) is 26.9 Å². The Morgan fingerprint density at radius 1 is 1.28 bits per heavy atom. The van der Waals surface area contributed by atoms with Crippen LogP contribution < -0.4 is 10.2 Å². The molecule has 0 unspecified atom stereocenters. The Morgan fingerprint density at radius 2 is 2.00 bits per heavy atom. The van der Waals surface area contributed by atoms with E-state index in [0.29, 0.717) is 30.3 Å². The van der Waals surface area contributed by atoms with Gasteiger partial charge in [-0.05, 0) is 35.5 Å². The van der Waals surface area contributed by atoms with E-state index in [1.54, 1.807) is 25.3 Å². The number of ether oxygens (including phenoxy) is 2. The predicted octanol–water partition coefficient (Wildman–Crippen LogP) is 0.938. The Hall–Kier alpha value is -1.04. The molecule has 5 heteroatoms. The molecule has 0 bridgehead atoms. The zero-order valence-electron chi connectivity index (χ0n) is 11.2. The van der Waals surface area contributed by atoms with Crippen LogP contribution >= 0.6 is 0 Å². The molecule has 0 heterocycles. The summed E-state index contributed by atoms with van der Waals surface area (Å²) in [5.74, 6) is 1.28. The van der Waals surface area contributed by atoms with Gasteiger partial charge in [0, 0.05) is 6.61 Å². The fourth-order valence-corrected chi connectivity index (χ4v) is 1.59. The molecule has 1 aromatic carbocycles. The van der Waals surface area contributed by atoms with Gasteiger partial charge >= 0.3 is 7.12 Å². The van der Waals surface area contributed by atoms with Gasteiger partial charge in [-0.1, -0.05) is 19.9 Å². The quantitative estimate of drug-likeness (QED) is 0.560. The lowest BCUT2D eigenvalue weighted by Gasteiger charge is -2.12. The highest BCUT2D eigenvalue weighted by Crippen LogP contribution is 2.12. The molecule has 0 fully saturated rings. The topological polar surface area (TPSA) is 58.9 Å². The van der Waals surface area contributed by atoms with Crippen LogP contribution in [-0.2, 0) is 11.3 Å². The van der Waals surface area contributed by atoms with Crippen LogP contribution in [0, 0.1) is 5.92 Å². The molecule has 0 spiro atoms. The summed E-state index contributed by atoms with van der Waals surface area (Å²) in [4.78, 5) is 0. The van der Waals surface area contributed by atoms with Crippen LogP contribution in [0.25, 0.3) is 0 Å². The van der Waals surface area contributed by atoms with E-state index in [2.05, 4.69) is 13.8 Å². The lowest BCUT2D eigenvalue weighted by atomic mass is 9.77. The summed E-state index contributed by atoms with van der Waals surface area (Å²) in [7, 11) is 0.0907. The molecule has 0 amide bonds. The smallest absolute Gasteiger partial charge is 0.488 e. The van der Waals surface area contributed by atoms with E-state index in [4.69, 9.17) is 9.47 Å². The number of hydrogen-bond acceptors (Lipinski definition) is 4. The molecule has 0 aromatic heterocycles. The van der Waals surface area contributed by atoms with E-state index >= 15 is 0 Å². The molecule has 0 aliphatic rings. The summed E-state index contributed by atoms with van der Waals surface area (Å²) < 4.78 is 10.7. The maximum Gasteiger partial charge on any atom is 0.488 e. The molecule has 1 rings (SSSR count). The Labute approximate surface area is 109 Å². The Bertz CT molecular complexity index is 366. The van der Waals surface area contributed by atoms with Gasteiger partial charge in [0.25, 0.3) is 0 Å². The third-order valence-electron chi connectivity index (χ3n) is 2.73. The highest BCUT2D eigenvalue weighted by molar-refractivity contribution is 6.59. The zero-order valence-corrected chi connectivity index (χ0v) is 11.2. The molecule has 1 aromatic rings. The maximum absolute atomic E-state index is 9.27. The number of rotatable bonds is 7. The molecule has 18 heavy (non-hydrogen) atoms. The first kappa shape index (κ1) is 15.0. The zero-order chi connectivity index (χ0) is 13.5. The van der Waals surface area contributed by atoms with Crippen molar-refractivity contribution in [3.05, 3.63) is 23.8 Å². The van der Waals surface area contributed by atoms with Gasteiger partial charge in [0.1, 0.15) is 5.75 Å². The first-order chi connectivity index (χ1) is 8.54. The molecule has 0 radical (unpaired) electrons. The van der Waals surface area contributed by atoms with Crippen molar-refractivity contribution in [3.63, 3.8) is 0 Å². The molecule has 0 atom stereocenters. The monoisotopic (exact) mass is 252 g/mol. The van der Waals surface area contributed by atoms with E-state index in [1.165, 1.54) is 0 Å². The molecule has 4 nitrogen and oxygen atoms in total. The minimum absolute atomic E-state index is 0.358. The van der Waals surface area contributed by atoms with Crippen molar-refractivity contribution in [2.75, 3.05) is 13.7 Å². The number of hydrogen-bond donors (Lipinski definition) is 2. The number of methoxy groups -OCH3 is 1. The second-order valence-corrected chi connectivity index (χ2v) is 4.67. The first-order valence-electron chi connectivity index (χ1n) is 6.15. The number of benzene rings is 1. The molecule has 0 saturated carbocycles. The van der Waals surface area contributed by atoms with Crippen LogP contribution in [0.1, 0.15) is 25.8 Å². The van der Waals surface area contributed by atoms with Crippen LogP contribution in [0.5, 0.6) is 5.75 Å². The standard InChI is InChI=1S/C13H21BO4/c1-10(2)6-7-18-9-11-8-12(17-3)4-5-13(11)14(15)16/h4-5,8,10,15-16H,6-7,9H2,1-3H3. The van der Waals surface area contributed by atoms with E-state index in [-0.39, 0.29) is 0 Å². The van der Waals surface area contributed by atoms with Gasteiger partial charge in [-0.15, -0.1) is 0 Å². The highest BCUT2D eigenvalue weighted by Gasteiger charge is 2.16. The summed E-state index contributed by atoms with van der Waals surface area (Å²) in [6.07, 6.45) is 0.987. The van der Waals surface area contributed by atoms with Crippen LogP contribution in [0.2, 0.25) is 0 Å². The van der Waals surface area contributed by atoms with Crippen LogP contribution in [0.3, 0.4) is 0 Å². The lowest BCUT2D eigenvalue weighted by Crippen LogP contribution is -2.33. The Morgan fingerprint density at radius 3 is 2.56 bits per heavy atom. The lowest BCUT2D eigenvalue weighted by molar-refractivity contribution is 0.111. The van der Waals surface area contributed by atoms with E-state index in [1.807, 2.05) is 0 Å². The van der Waals surface area contributed by atoms with Gasteiger partial charge in [-0.3, -0.25) is 0 Å². The summed E-state index contributed by atoms with van der Waals surface area (Å²) >= 11 is 0. The molecule has 100 valence electrons. The average molecular weight is 252 g/mol. The van der Waals surface area contributed by atoms with Crippen molar-refractivity contribution < 1.29 is 19.5 Å². The van der Waals surface area contributed by atoms with Gasteiger partial charge in [-0.2, -0.15) is 0 Å². The van der Waals surface area contributed by atoms with Crippen molar-refractivity contribution in [3.8, 4) is 5.75 Å². The van der Waals surface area contributed by atoms with Gasteiger partial charge in [-0.25, -0.2) is 0 Å². The predicted molar refractivity (Wildman–Crippen MR) is 71.9 cm³/mol. The Balaban J connectivity index is 2.66. The largest absolute Gasteiger partial charge is 0.497 e. The fourth-order valence-electron chi connectivity index (χ4n) is 1.59. The molecule has 0 aliphatic heterocycles. The summed E-state index contributed by atoms with van der Waals surface area (Å²) in [6, 6.07) is 5.11. The van der Waals surface area contributed by atoms with Crippen LogP contribution in [0.4, 0.5) is 0 Å². The second kappa shape index (κ2) is 7.41. The Kier molecular flexibility index (Phi) is 6.19. The molecule has 2 N–H and O–H groups in total.